The Kier molecular flexibility index (Phi) is 7.69. The number of halogens is 5. The van der Waals surface area contributed by atoms with Gasteiger partial charge in [-0.25, -0.2) is 22.0 Å². The summed E-state index contributed by atoms with van der Waals surface area (Å²) in [6.45, 7) is 0.981. The molecule has 0 aliphatic carbocycles. The maximum Gasteiger partial charge on any atom is 0.268 e. The Hall–Kier alpha value is -3.87. The summed E-state index contributed by atoms with van der Waals surface area (Å²) in [5.74, 6) is -6.74. The van der Waals surface area contributed by atoms with Gasteiger partial charge in [0, 0.05) is 61.5 Å². The molecule has 2 fully saturated rings. The van der Waals surface area contributed by atoms with Gasteiger partial charge in [-0.05, 0) is 60.4 Å². The highest BCUT2D eigenvalue weighted by Gasteiger charge is 2.52. The highest BCUT2D eigenvalue weighted by Crippen LogP contribution is 2.37. The normalized spacial score (nSPS) is 24.0. The van der Waals surface area contributed by atoms with Crippen LogP contribution in [0.3, 0.4) is 0 Å². The molecule has 3 aliphatic rings. The molecule has 0 spiro atoms. The number of nitrogens with one attached hydrogen (secondary N) is 1. The zero-order chi connectivity index (χ0) is 30.5. The standard InChI is InChI=1S/C31H28F5N3O4/c32-20-2-5-25(34)24(11-20)27-6-4-23(16-43-27)38-14-17-1-3-22(10-19(17)15-38)39-8-7-31(42,30(39)41)29(40)37-13-18-9-21(33)12-26(35)28(18)36/h1-3,5,9-12,23,27,42H,4,6-8,13-16H2,(H,37,40)/t23-,27+,31?/m1/s1. The van der Waals surface area contributed by atoms with E-state index in [1.54, 1.807) is 6.07 Å². The molecule has 3 aromatic rings. The monoisotopic (exact) mass is 601 g/mol. The van der Waals surface area contributed by atoms with Gasteiger partial charge in [0.1, 0.15) is 17.5 Å². The number of fused-ring (bicyclic) bond motifs is 1. The van der Waals surface area contributed by atoms with Crippen molar-refractivity contribution in [2.24, 2.45) is 0 Å². The lowest BCUT2D eigenvalue weighted by molar-refractivity contribution is -0.149. The third-order valence-corrected chi connectivity index (χ3v) is 8.50. The number of hydrogen-bond donors (Lipinski definition) is 2. The minimum atomic E-state index is -2.43. The minimum absolute atomic E-state index is 0.0443. The van der Waals surface area contributed by atoms with Crippen LogP contribution in [0.4, 0.5) is 27.6 Å². The fourth-order valence-corrected chi connectivity index (χ4v) is 6.09. The zero-order valence-corrected chi connectivity index (χ0v) is 22.9. The highest BCUT2D eigenvalue weighted by molar-refractivity contribution is 6.16. The van der Waals surface area contributed by atoms with Crippen LogP contribution in [0, 0.1) is 29.1 Å². The second-order valence-electron chi connectivity index (χ2n) is 11.2. The second-order valence-corrected chi connectivity index (χ2v) is 11.2. The number of amides is 2. The third kappa shape index (κ3) is 5.50. The van der Waals surface area contributed by atoms with E-state index in [1.165, 1.54) is 11.0 Å². The van der Waals surface area contributed by atoms with Crippen molar-refractivity contribution >= 4 is 17.5 Å². The first-order valence-electron chi connectivity index (χ1n) is 13.9. The van der Waals surface area contributed by atoms with Gasteiger partial charge in [-0.15, -0.1) is 0 Å². The minimum Gasteiger partial charge on any atom is -0.372 e. The maximum atomic E-state index is 14.2. The molecule has 0 saturated carbocycles. The van der Waals surface area contributed by atoms with Gasteiger partial charge in [0.05, 0.1) is 12.7 Å². The van der Waals surface area contributed by atoms with Gasteiger partial charge in [0.15, 0.2) is 11.6 Å². The van der Waals surface area contributed by atoms with E-state index in [-0.39, 0.29) is 24.6 Å². The molecule has 2 saturated heterocycles. The topological polar surface area (TPSA) is 82.1 Å². The predicted molar refractivity (Wildman–Crippen MR) is 144 cm³/mol. The van der Waals surface area contributed by atoms with Crippen LogP contribution in [-0.4, -0.2) is 46.6 Å². The van der Waals surface area contributed by atoms with Gasteiger partial charge < -0.3 is 20.1 Å². The van der Waals surface area contributed by atoms with Crippen molar-refractivity contribution in [2.75, 3.05) is 18.1 Å². The Morgan fingerprint density at radius 3 is 2.51 bits per heavy atom. The number of aliphatic hydroxyl groups is 1. The van der Waals surface area contributed by atoms with Gasteiger partial charge >= 0.3 is 0 Å². The molecule has 7 nitrogen and oxygen atoms in total. The van der Waals surface area contributed by atoms with E-state index in [0.29, 0.717) is 37.9 Å². The Bertz CT molecular complexity index is 1600. The smallest absolute Gasteiger partial charge is 0.268 e. The fraction of sp³-hybridized carbons (Fsp3) is 0.355. The van der Waals surface area contributed by atoms with Gasteiger partial charge in [0.25, 0.3) is 11.8 Å². The first-order chi connectivity index (χ1) is 20.5. The quantitative estimate of drug-likeness (QED) is 0.249. The van der Waals surface area contributed by atoms with E-state index >= 15 is 0 Å². The highest BCUT2D eigenvalue weighted by atomic mass is 19.2. The van der Waals surface area contributed by atoms with Gasteiger partial charge in [-0.2, -0.15) is 0 Å². The largest absolute Gasteiger partial charge is 0.372 e. The average Bonchev–Trinajstić information content (AvgIpc) is 3.56. The van der Waals surface area contributed by atoms with Crippen LogP contribution in [0.15, 0.2) is 48.5 Å². The van der Waals surface area contributed by atoms with E-state index in [2.05, 4.69) is 10.2 Å². The van der Waals surface area contributed by atoms with Crippen LogP contribution in [0.1, 0.15) is 47.6 Å². The number of benzene rings is 3. The van der Waals surface area contributed by atoms with Crippen LogP contribution in [-0.2, 0) is 34.0 Å². The first kappa shape index (κ1) is 29.2. The molecule has 2 amide bonds. The van der Waals surface area contributed by atoms with Crippen LogP contribution in [0.25, 0.3) is 0 Å². The predicted octanol–water partition coefficient (Wildman–Crippen LogP) is 4.40. The van der Waals surface area contributed by atoms with Gasteiger partial charge in [-0.3, -0.25) is 14.5 Å². The van der Waals surface area contributed by atoms with Crippen molar-refractivity contribution in [2.45, 2.75) is 56.6 Å². The molecule has 2 N–H and O–H groups in total. The number of anilines is 1. The third-order valence-electron chi connectivity index (χ3n) is 8.50. The Morgan fingerprint density at radius 1 is 0.953 bits per heavy atom. The SMILES string of the molecule is O=C(NCc1cc(F)cc(F)c1F)C1(O)CCN(c2ccc3c(c2)CN([C@@H]2CC[C@@H](c4cc(F)ccc4F)OC2)C3)C1=O. The summed E-state index contributed by atoms with van der Waals surface area (Å²) < 4.78 is 74.7. The van der Waals surface area contributed by atoms with Crippen molar-refractivity contribution < 1.29 is 41.4 Å². The van der Waals surface area contributed by atoms with Crippen molar-refractivity contribution in [3.8, 4) is 0 Å². The maximum absolute atomic E-state index is 14.2. The van der Waals surface area contributed by atoms with Gasteiger partial charge in [-0.1, -0.05) is 6.07 Å². The molecule has 0 bridgehead atoms. The molecule has 12 heteroatoms. The zero-order valence-electron chi connectivity index (χ0n) is 22.9. The van der Waals surface area contributed by atoms with Crippen molar-refractivity contribution in [3.63, 3.8) is 0 Å². The molecule has 3 heterocycles. The summed E-state index contributed by atoms with van der Waals surface area (Å²) in [5.41, 5.74) is -0.163. The summed E-state index contributed by atoms with van der Waals surface area (Å²) in [6, 6.07) is 9.94. The van der Waals surface area contributed by atoms with E-state index < -0.39 is 64.7 Å². The summed E-state index contributed by atoms with van der Waals surface area (Å²) in [6.07, 6.45) is 0.510. The van der Waals surface area contributed by atoms with Crippen LogP contribution < -0.4 is 10.2 Å². The van der Waals surface area contributed by atoms with Crippen LogP contribution in [0.5, 0.6) is 0 Å². The first-order valence-corrected chi connectivity index (χ1v) is 13.9. The second kappa shape index (κ2) is 11.3. The van der Waals surface area contributed by atoms with Crippen LogP contribution in [0.2, 0.25) is 0 Å². The van der Waals surface area contributed by atoms with Crippen molar-refractivity contribution in [1.82, 2.24) is 10.2 Å². The summed E-state index contributed by atoms with van der Waals surface area (Å²) in [5, 5.41) is 13.2. The number of carbonyl (C=O) groups is 2. The van der Waals surface area contributed by atoms with Crippen molar-refractivity contribution in [3.05, 3.63) is 99.9 Å². The molecule has 0 radical (unpaired) electrons. The molecule has 3 atom stereocenters. The average molecular weight is 602 g/mol. The van der Waals surface area contributed by atoms with Gasteiger partial charge in [0.2, 0.25) is 5.60 Å². The number of nitrogens with zero attached hydrogens (tertiary/aromatic N) is 2. The summed E-state index contributed by atoms with van der Waals surface area (Å²) >= 11 is 0. The van der Waals surface area contributed by atoms with E-state index in [9.17, 15) is 36.6 Å². The number of carbonyl (C=O) groups excluding carboxylic acids is 2. The molecular weight excluding hydrogens is 573 g/mol. The summed E-state index contributed by atoms with van der Waals surface area (Å²) in [4.78, 5) is 29.5. The Balaban J connectivity index is 1.08. The molecule has 43 heavy (non-hydrogen) atoms. The van der Waals surface area contributed by atoms with Crippen LogP contribution >= 0.6 is 0 Å². The number of rotatable bonds is 6. The molecule has 6 rings (SSSR count). The molecule has 1 unspecified atom stereocenters. The lowest BCUT2D eigenvalue weighted by atomic mass is 9.97. The lowest BCUT2D eigenvalue weighted by Gasteiger charge is -2.35. The fourth-order valence-electron chi connectivity index (χ4n) is 6.09. The van der Waals surface area contributed by atoms with E-state index in [4.69, 9.17) is 4.74 Å². The lowest BCUT2D eigenvalue weighted by Crippen LogP contribution is -2.52. The van der Waals surface area contributed by atoms with E-state index in [1.807, 2.05) is 12.1 Å². The molecule has 3 aromatic carbocycles. The molecule has 3 aliphatic heterocycles. The number of ether oxygens (including phenoxy) is 1. The Labute approximate surface area is 243 Å². The molecule has 0 aromatic heterocycles. The molecular formula is C31H28F5N3O4. The van der Waals surface area contributed by atoms with Crippen molar-refractivity contribution in [1.29, 1.82) is 0 Å². The van der Waals surface area contributed by atoms with E-state index in [0.717, 1.165) is 35.7 Å². The number of hydrogen-bond acceptors (Lipinski definition) is 5. The summed E-state index contributed by atoms with van der Waals surface area (Å²) in [7, 11) is 0. The Morgan fingerprint density at radius 2 is 1.74 bits per heavy atom. The molecule has 226 valence electrons.